The Morgan fingerprint density at radius 3 is 1.64 bits per heavy atom. The van der Waals surface area contributed by atoms with Crippen molar-refractivity contribution in [1.29, 1.82) is 0 Å². The van der Waals surface area contributed by atoms with E-state index < -0.39 is 35.7 Å². The second-order valence-corrected chi connectivity index (χ2v) is 18.9. The summed E-state index contributed by atoms with van der Waals surface area (Å²) in [6.07, 6.45) is -8.60. The average molecular weight is 962 g/mol. The van der Waals surface area contributed by atoms with Crippen LogP contribution in [0.4, 0.5) is 26.3 Å². The Hall–Kier alpha value is -3.46. The third-order valence-electron chi connectivity index (χ3n) is 10.3. The Balaban J connectivity index is 0.000000204. The third-order valence-corrected chi connectivity index (χ3v) is 14.0. The van der Waals surface area contributed by atoms with E-state index in [4.69, 9.17) is 51.2 Å². The van der Waals surface area contributed by atoms with Crippen LogP contribution in [-0.4, -0.2) is 58.4 Å². The maximum atomic E-state index is 14.1. The third kappa shape index (κ3) is 11.2. The van der Waals surface area contributed by atoms with Crippen molar-refractivity contribution in [2.75, 3.05) is 23.0 Å². The van der Waals surface area contributed by atoms with Crippen molar-refractivity contribution in [1.82, 2.24) is 0 Å². The summed E-state index contributed by atoms with van der Waals surface area (Å²) in [7, 11) is 0. The number of benzene rings is 4. The van der Waals surface area contributed by atoms with Crippen LogP contribution in [0.3, 0.4) is 0 Å². The molecule has 0 spiro atoms. The highest BCUT2D eigenvalue weighted by Gasteiger charge is 2.62. The van der Waals surface area contributed by atoms with E-state index in [-0.39, 0.29) is 54.1 Å². The summed E-state index contributed by atoms with van der Waals surface area (Å²) >= 11 is 27.1. The van der Waals surface area contributed by atoms with E-state index >= 15 is 0 Å². The fourth-order valence-corrected chi connectivity index (χ4v) is 9.59. The van der Waals surface area contributed by atoms with Gasteiger partial charge in [0.1, 0.15) is 0 Å². The van der Waals surface area contributed by atoms with Gasteiger partial charge in [0.15, 0.2) is 17.3 Å². The molecule has 0 amide bonds. The number of nitrogens with zero attached hydrogens (tertiary/aromatic N) is 1. The number of Topliss-reactive ketones (excluding diaryl/α,β-unsaturated/α-hetero) is 2. The first kappa shape index (κ1) is 47.0. The fourth-order valence-electron chi connectivity index (χ4n) is 6.93. The molecule has 1 unspecified atom stereocenters. The SMILES string of the molecule is Cc1cc(C(=O)/C=C(\c2cc(Cl)cc(Cl)c2)C(F)(F)F)ccc1C(=O)CC1CSC1.Cc1cc(C2=NOC(c3cc(Cl)cc(Cl)c3)(C(F)(F)F)C2)ccc1C(=O)CC1CSC1. The van der Waals surface area contributed by atoms with Gasteiger partial charge in [0.25, 0.3) is 5.60 Å². The lowest BCUT2D eigenvalue weighted by atomic mass is 9.86. The summed E-state index contributed by atoms with van der Waals surface area (Å²) in [6, 6.07) is 16.5. The Morgan fingerprint density at radius 2 is 1.20 bits per heavy atom. The van der Waals surface area contributed by atoms with Crippen LogP contribution >= 0.6 is 69.9 Å². The van der Waals surface area contributed by atoms with E-state index in [0.717, 1.165) is 35.1 Å². The second-order valence-electron chi connectivity index (χ2n) is 15.0. The summed E-state index contributed by atoms with van der Waals surface area (Å²) in [6.45, 7) is 3.45. The Bertz CT molecular complexity index is 2390. The molecule has 4 aromatic carbocycles. The van der Waals surface area contributed by atoms with Crippen molar-refractivity contribution in [2.24, 2.45) is 17.0 Å². The Labute approximate surface area is 376 Å². The normalized spacial score (nSPS) is 18.3. The number of halogens is 10. The van der Waals surface area contributed by atoms with Crippen LogP contribution in [0.15, 0.2) is 84.0 Å². The maximum Gasteiger partial charge on any atom is 0.435 e. The summed E-state index contributed by atoms with van der Waals surface area (Å²) < 4.78 is 83.2. The predicted molar refractivity (Wildman–Crippen MR) is 233 cm³/mol. The number of allylic oxidation sites excluding steroid dienone is 2. The molecule has 0 N–H and O–H groups in total. The molecular weight excluding hydrogens is 926 g/mol. The van der Waals surface area contributed by atoms with E-state index in [9.17, 15) is 40.7 Å². The van der Waals surface area contributed by atoms with Crippen molar-refractivity contribution in [3.05, 3.63) is 143 Å². The molecule has 0 aliphatic carbocycles. The van der Waals surface area contributed by atoms with Crippen molar-refractivity contribution in [2.45, 2.75) is 51.1 Å². The van der Waals surface area contributed by atoms with E-state index in [1.165, 1.54) is 42.5 Å². The molecule has 3 heterocycles. The molecule has 1 atom stereocenters. The number of thioether (sulfide) groups is 2. The van der Waals surface area contributed by atoms with Crippen molar-refractivity contribution in [3.8, 4) is 0 Å². The zero-order valence-corrected chi connectivity index (χ0v) is 36.9. The van der Waals surface area contributed by atoms with Crippen molar-refractivity contribution in [3.63, 3.8) is 0 Å². The quantitative estimate of drug-likeness (QED) is 0.0847. The standard InChI is InChI=1S/C22H18Cl2F3NO2S.C22H17Cl2F3O2S/c1-12-4-14(2-3-18(12)20(29)5-13-10-31-11-13)19-9-21(30-28-19,22(25,26)27)15-6-16(23)8-17(24)7-15;1-12-4-14(2-3-18(12)21(29)5-13-10-30-11-13)20(28)9-19(22(25,26)27)15-6-16(23)8-17(24)7-15/h2-4,6-8,13H,5,9-11H2,1H3;2-4,6-9,13H,5,10-11H2,1H3/b;19-9+. The predicted octanol–water partition coefficient (Wildman–Crippen LogP) is 13.9. The minimum atomic E-state index is -4.78. The molecular formula is C44H35Cl4F6NO4S2. The molecule has 3 aliphatic heterocycles. The average Bonchev–Trinajstić information content (AvgIpc) is 3.60. The molecule has 61 heavy (non-hydrogen) atoms. The van der Waals surface area contributed by atoms with Gasteiger partial charge < -0.3 is 4.84 Å². The monoisotopic (exact) mass is 959 g/mol. The van der Waals surface area contributed by atoms with E-state index in [1.807, 2.05) is 11.8 Å². The largest absolute Gasteiger partial charge is 0.435 e. The molecule has 2 fully saturated rings. The van der Waals surface area contributed by atoms with Gasteiger partial charge in [-0.1, -0.05) is 75.8 Å². The van der Waals surface area contributed by atoms with Gasteiger partial charge >= 0.3 is 12.4 Å². The smallest absolute Gasteiger partial charge is 0.374 e. The van der Waals surface area contributed by atoms with Gasteiger partial charge in [-0.25, -0.2) is 0 Å². The summed E-state index contributed by atoms with van der Waals surface area (Å²) in [4.78, 5) is 42.6. The minimum absolute atomic E-state index is 0.0168. The first-order chi connectivity index (χ1) is 28.6. The van der Waals surface area contributed by atoms with Crippen LogP contribution < -0.4 is 0 Å². The highest BCUT2D eigenvalue weighted by Crippen LogP contribution is 2.50. The summed E-state index contributed by atoms with van der Waals surface area (Å²) in [5.41, 5.74) is -1.30. The van der Waals surface area contributed by atoms with E-state index in [0.29, 0.717) is 58.6 Å². The number of aryl methyl sites for hydroxylation is 2. The molecule has 0 radical (unpaired) electrons. The molecule has 2 saturated heterocycles. The Kier molecular flexibility index (Phi) is 14.7. The van der Waals surface area contributed by atoms with Gasteiger partial charge in [-0.05, 0) is 126 Å². The van der Waals surface area contributed by atoms with E-state index in [2.05, 4.69) is 5.16 Å². The Morgan fingerprint density at radius 1 is 0.705 bits per heavy atom. The van der Waals surface area contributed by atoms with Crippen LogP contribution in [0, 0.1) is 25.7 Å². The van der Waals surface area contributed by atoms with E-state index in [1.54, 1.807) is 43.8 Å². The van der Waals surface area contributed by atoms with Crippen LogP contribution in [-0.2, 0) is 10.4 Å². The van der Waals surface area contributed by atoms with Crippen LogP contribution in [0.1, 0.15) is 78.2 Å². The number of alkyl halides is 6. The lowest BCUT2D eigenvalue weighted by Crippen LogP contribution is -2.42. The van der Waals surface area contributed by atoms with Crippen LogP contribution in [0.5, 0.6) is 0 Å². The zero-order valence-electron chi connectivity index (χ0n) is 32.3. The van der Waals surface area contributed by atoms with Crippen molar-refractivity contribution >= 4 is 98.6 Å². The lowest BCUT2D eigenvalue weighted by Gasteiger charge is -2.29. The van der Waals surface area contributed by atoms with Gasteiger partial charge in [-0.3, -0.25) is 14.4 Å². The number of carbonyl (C=O) groups excluding carboxylic acids is 3. The molecule has 4 aromatic rings. The number of oxime groups is 1. The molecule has 0 aromatic heterocycles. The van der Waals surface area contributed by atoms with Gasteiger partial charge in [0.05, 0.1) is 11.3 Å². The number of ketones is 3. The minimum Gasteiger partial charge on any atom is -0.374 e. The molecule has 3 aliphatic rings. The highest BCUT2D eigenvalue weighted by atomic mass is 35.5. The number of hydrogen-bond donors (Lipinski definition) is 0. The first-order valence-corrected chi connectivity index (χ1v) is 22.5. The van der Waals surface area contributed by atoms with Crippen molar-refractivity contribution < 1.29 is 45.6 Å². The van der Waals surface area contributed by atoms with Gasteiger partial charge in [0, 0.05) is 61.6 Å². The van der Waals surface area contributed by atoms with Crippen LogP contribution in [0.2, 0.25) is 20.1 Å². The fraction of sp³-hybridized carbons (Fsp3) is 0.318. The molecule has 17 heteroatoms. The number of hydrogen-bond acceptors (Lipinski definition) is 7. The molecule has 0 bridgehead atoms. The maximum absolute atomic E-state index is 14.1. The van der Waals surface area contributed by atoms with Gasteiger partial charge in [0.2, 0.25) is 0 Å². The molecule has 0 saturated carbocycles. The highest BCUT2D eigenvalue weighted by molar-refractivity contribution is 8.00. The topological polar surface area (TPSA) is 72.8 Å². The molecule has 322 valence electrons. The number of carbonyl (C=O) groups is 3. The van der Waals surface area contributed by atoms with Crippen LogP contribution in [0.25, 0.3) is 5.57 Å². The van der Waals surface area contributed by atoms with Gasteiger partial charge in [-0.15, -0.1) is 0 Å². The first-order valence-electron chi connectivity index (χ1n) is 18.6. The lowest BCUT2D eigenvalue weighted by molar-refractivity contribution is -0.275. The zero-order chi connectivity index (χ0) is 44.4. The van der Waals surface area contributed by atoms with Gasteiger partial charge in [-0.2, -0.15) is 49.9 Å². The summed E-state index contributed by atoms with van der Waals surface area (Å²) in [5.74, 6) is 3.88. The molecule has 7 rings (SSSR count). The summed E-state index contributed by atoms with van der Waals surface area (Å²) in [5, 5.41) is 3.98. The number of rotatable bonds is 11. The second kappa shape index (κ2) is 19.1. The molecule has 5 nitrogen and oxygen atoms in total.